The van der Waals surface area contributed by atoms with Crippen LogP contribution in [0.5, 0.6) is 5.75 Å². The van der Waals surface area contributed by atoms with Crippen molar-refractivity contribution in [2.75, 3.05) is 13.7 Å². The molecule has 1 heterocycles. The molecule has 1 aromatic heterocycles. The quantitative estimate of drug-likeness (QED) is 0.701. The molecule has 3 aromatic rings. The molecule has 0 aliphatic carbocycles. The monoisotopic (exact) mass is 378 g/mol. The SMILES string of the molecule is COc1ccc(C(=O)N(Cc2cc3cc(C)ccc3[nH]c2=O)CC(C)C)cc1. The Morgan fingerprint density at radius 1 is 1.11 bits per heavy atom. The first kappa shape index (κ1) is 19.7. The molecule has 5 nitrogen and oxygen atoms in total. The number of ether oxygens (including phenoxy) is 1. The second kappa shape index (κ2) is 8.30. The summed E-state index contributed by atoms with van der Waals surface area (Å²) in [5.74, 6) is 0.886. The molecule has 0 aliphatic heterocycles. The van der Waals surface area contributed by atoms with Crippen molar-refractivity contribution in [2.24, 2.45) is 5.92 Å². The molecule has 2 aromatic carbocycles. The molecule has 0 unspecified atom stereocenters. The van der Waals surface area contributed by atoms with Crippen molar-refractivity contribution in [1.29, 1.82) is 0 Å². The first-order valence-corrected chi connectivity index (χ1v) is 9.43. The Balaban J connectivity index is 1.93. The Kier molecular flexibility index (Phi) is 5.83. The summed E-state index contributed by atoms with van der Waals surface area (Å²) in [6, 6.07) is 14.8. The highest BCUT2D eigenvalue weighted by Crippen LogP contribution is 2.17. The molecule has 0 bridgehead atoms. The molecular weight excluding hydrogens is 352 g/mol. The standard InChI is InChI=1S/C23H26N2O3/c1-15(2)13-25(23(27)17-6-8-20(28-4)9-7-17)14-19-12-18-11-16(3)5-10-21(18)24-22(19)26/h5-12,15H,13-14H2,1-4H3,(H,24,26). The van der Waals surface area contributed by atoms with Crippen LogP contribution < -0.4 is 10.3 Å². The minimum atomic E-state index is -0.160. The zero-order chi connectivity index (χ0) is 20.3. The maximum absolute atomic E-state index is 13.1. The van der Waals surface area contributed by atoms with Gasteiger partial charge >= 0.3 is 0 Å². The number of aryl methyl sites for hydroxylation is 1. The van der Waals surface area contributed by atoms with E-state index in [1.165, 1.54) is 0 Å². The number of amides is 1. The molecule has 1 N–H and O–H groups in total. The zero-order valence-electron chi connectivity index (χ0n) is 16.8. The number of nitrogens with one attached hydrogen (secondary N) is 1. The molecule has 0 radical (unpaired) electrons. The minimum Gasteiger partial charge on any atom is -0.497 e. The summed E-state index contributed by atoms with van der Waals surface area (Å²) < 4.78 is 5.17. The molecule has 146 valence electrons. The van der Waals surface area contributed by atoms with Gasteiger partial charge in [-0.25, -0.2) is 0 Å². The topological polar surface area (TPSA) is 62.4 Å². The van der Waals surface area contributed by atoms with Crippen molar-refractivity contribution >= 4 is 16.8 Å². The van der Waals surface area contributed by atoms with Crippen molar-refractivity contribution in [3.8, 4) is 5.75 Å². The molecular formula is C23H26N2O3. The van der Waals surface area contributed by atoms with E-state index >= 15 is 0 Å². The van der Waals surface area contributed by atoms with Crippen LogP contribution in [-0.4, -0.2) is 29.4 Å². The molecule has 5 heteroatoms. The summed E-state index contributed by atoms with van der Waals surface area (Å²) in [5.41, 5.74) is 2.93. The molecule has 0 atom stereocenters. The average Bonchev–Trinajstić information content (AvgIpc) is 2.67. The smallest absolute Gasteiger partial charge is 0.254 e. The van der Waals surface area contributed by atoms with Crippen LogP contribution in [0.15, 0.2) is 53.3 Å². The van der Waals surface area contributed by atoms with Gasteiger partial charge in [0.05, 0.1) is 13.7 Å². The number of carbonyl (C=O) groups is 1. The lowest BCUT2D eigenvalue weighted by molar-refractivity contribution is 0.0722. The number of nitrogens with zero attached hydrogens (tertiary/aromatic N) is 1. The number of H-pyrrole nitrogens is 1. The van der Waals surface area contributed by atoms with Crippen LogP contribution in [0, 0.1) is 12.8 Å². The fourth-order valence-corrected chi connectivity index (χ4v) is 3.27. The van der Waals surface area contributed by atoms with Gasteiger partial charge in [0.2, 0.25) is 0 Å². The van der Waals surface area contributed by atoms with Gasteiger partial charge in [0.1, 0.15) is 5.75 Å². The maximum atomic E-state index is 13.1. The van der Waals surface area contributed by atoms with E-state index < -0.39 is 0 Å². The normalized spacial score (nSPS) is 11.0. The van der Waals surface area contributed by atoms with Crippen molar-refractivity contribution in [2.45, 2.75) is 27.3 Å². The fraction of sp³-hybridized carbons (Fsp3) is 0.304. The second-order valence-corrected chi connectivity index (χ2v) is 7.52. The number of benzene rings is 2. The third kappa shape index (κ3) is 4.42. The summed E-state index contributed by atoms with van der Waals surface area (Å²) in [6.07, 6.45) is 0. The lowest BCUT2D eigenvalue weighted by Crippen LogP contribution is -2.35. The van der Waals surface area contributed by atoms with E-state index in [0.29, 0.717) is 23.4 Å². The number of methoxy groups -OCH3 is 1. The minimum absolute atomic E-state index is 0.0971. The number of hydrogen-bond acceptors (Lipinski definition) is 3. The molecule has 28 heavy (non-hydrogen) atoms. The Bertz CT molecular complexity index is 1040. The largest absolute Gasteiger partial charge is 0.497 e. The lowest BCUT2D eigenvalue weighted by atomic mass is 10.1. The molecule has 3 rings (SSSR count). The van der Waals surface area contributed by atoms with Crippen LogP contribution in [0.2, 0.25) is 0 Å². The van der Waals surface area contributed by atoms with Gasteiger partial charge in [0, 0.05) is 23.2 Å². The predicted molar refractivity (Wildman–Crippen MR) is 112 cm³/mol. The first-order valence-electron chi connectivity index (χ1n) is 9.43. The molecule has 0 aliphatic rings. The Hall–Kier alpha value is -3.08. The van der Waals surface area contributed by atoms with E-state index in [1.807, 2.05) is 31.2 Å². The van der Waals surface area contributed by atoms with Crippen LogP contribution in [-0.2, 0) is 6.54 Å². The van der Waals surface area contributed by atoms with E-state index in [9.17, 15) is 9.59 Å². The van der Waals surface area contributed by atoms with Gasteiger partial charge in [-0.3, -0.25) is 9.59 Å². The van der Waals surface area contributed by atoms with Crippen LogP contribution in [0.1, 0.15) is 35.3 Å². The number of aromatic nitrogens is 1. The third-order valence-electron chi connectivity index (χ3n) is 4.65. The highest BCUT2D eigenvalue weighted by Gasteiger charge is 2.19. The molecule has 0 spiro atoms. The summed E-state index contributed by atoms with van der Waals surface area (Å²) in [7, 11) is 1.59. The number of fused-ring (bicyclic) bond motifs is 1. The van der Waals surface area contributed by atoms with Crippen LogP contribution >= 0.6 is 0 Å². The number of aromatic amines is 1. The summed E-state index contributed by atoms with van der Waals surface area (Å²) >= 11 is 0. The van der Waals surface area contributed by atoms with Crippen molar-refractivity contribution < 1.29 is 9.53 Å². The fourth-order valence-electron chi connectivity index (χ4n) is 3.27. The number of hydrogen-bond donors (Lipinski definition) is 1. The van der Waals surface area contributed by atoms with E-state index in [-0.39, 0.29) is 23.9 Å². The van der Waals surface area contributed by atoms with Crippen molar-refractivity contribution in [3.63, 3.8) is 0 Å². The molecule has 1 amide bonds. The average molecular weight is 378 g/mol. The maximum Gasteiger partial charge on any atom is 0.254 e. The second-order valence-electron chi connectivity index (χ2n) is 7.52. The number of pyridine rings is 1. The number of rotatable bonds is 6. The summed E-state index contributed by atoms with van der Waals surface area (Å²) in [4.78, 5) is 30.3. The third-order valence-corrected chi connectivity index (χ3v) is 4.65. The van der Waals surface area contributed by atoms with Crippen molar-refractivity contribution in [3.05, 3.63) is 75.6 Å². The highest BCUT2D eigenvalue weighted by molar-refractivity contribution is 5.94. The van der Waals surface area contributed by atoms with Crippen LogP contribution in [0.4, 0.5) is 0 Å². The molecule has 0 saturated heterocycles. The highest BCUT2D eigenvalue weighted by atomic mass is 16.5. The van der Waals surface area contributed by atoms with E-state index in [4.69, 9.17) is 4.74 Å². The van der Waals surface area contributed by atoms with Crippen molar-refractivity contribution in [1.82, 2.24) is 9.88 Å². The summed E-state index contributed by atoms with van der Waals surface area (Å²) in [6.45, 7) is 6.96. The summed E-state index contributed by atoms with van der Waals surface area (Å²) in [5, 5.41) is 0.969. The Morgan fingerprint density at radius 3 is 2.46 bits per heavy atom. The van der Waals surface area contributed by atoms with E-state index in [0.717, 1.165) is 16.5 Å². The van der Waals surface area contributed by atoms with Gasteiger partial charge in [-0.1, -0.05) is 25.5 Å². The van der Waals surface area contributed by atoms with Gasteiger partial charge in [-0.15, -0.1) is 0 Å². The van der Waals surface area contributed by atoms with Gasteiger partial charge in [0.15, 0.2) is 0 Å². The van der Waals surface area contributed by atoms with Gasteiger partial charge in [-0.05, 0) is 60.7 Å². The van der Waals surface area contributed by atoms with E-state index in [1.54, 1.807) is 36.3 Å². The van der Waals surface area contributed by atoms with Crippen LogP contribution in [0.25, 0.3) is 10.9 Å². The van der Waals surface area contributed by atoms with Gasteiger partial charge in [0.25, 0.3) is 11.5 Å². The number of carbonyl (C=O) groups excluding carboxylic acids is 1. The molecule has 0 fully saturated rings. The first-order chi connectivity index (χ1) is 13.4. The predicted octanol–water partition coefficient (Wildman–Crippen LogP) is 4.14. The Labute approximate surface area is 165 Å². The van der Waals surface area contributed by atoms with Gasteiger partial charge in [-0.2, -0.15) is 0 Å². The Morgan fingerprint density at radius 2 is 1.82 bits per heavy atom. The van der Waals surface area contributed by atoms with Crippen LogP contribution in [0.3, 0.4) is 0 Å². The van der Waals surface area contributed by atoms with Gasteiger partial charge < -0.3 is 14.6 Å². The zero-order valence-corrected chi connectivity index (χ0v) is 16.8. The van der Waals surface area contributed by atoms with E-state index in [2.05, 4.69) is 18.8 Å². The lowest BCUT2D eigenvalue weighted by Gasteiger charge is -2.25. The molecule has 0 saturated carbocycles.